The number of nitrogens with one attached hydrogen (secondary N) is 1. The fourth-order valence-electron chi connectivity index (χ4n) is 1.54. The molecule has 0 aliphatic rings. The minimum Gasteiger partial charge on any atom is -0.394 e. The summed E-state index contributed by atoms with van der Waals surface area (Å²) in [4.78, 5) is 0. The van der Waals surface area contributed by atoms with Gasteiger partial charge in [-0.05, 0) is 25.1 Å². The largest absolute Gasteiger partial charge is 0.394 e. The normalized spacial score (nSPS) is 10.6. The van der Waals surface area contributed by atoms with Crippen molar-refractivity contribution >= 4 is 28.8 Å². The van der Waals surface area contributed by atoms with Crippen LogP contribution in [0.1, 0.15) is 5.69 Å². The molecule has 2 aromatic rings. The average molecular weight is 255 g/mol. The molecule has 1 heterocycles. The molecule has 0 saturated carbocycles. The van der Waals surface area contributed by atoms with E-state index in [1.165, 1.54) is 18.2 Å². The van der Waals surface area contributed by atoms with Crippen LogP contribution in [0.5, 0.6) is 0 Å². The Labute approximate surface area is 103 Å². The van der Waals surface area contributed by atoms with Gasteiger partial charge in [-0.15, -0.1) is 0 Å². The zero-order chi connectivity index (χ0) is 12.6. The van der Waals surface area contributed by atoms with E-state index in [0.29, 0.717) is 27.9 Å². The lowest BCUT2D eigenvalue weighted by Crippen LogP contribution is -2.02. The summed E-state index contributed by atoms with van der Waals surface area (Å²) in [5.41, 5.74) is 7.55. The summed E-state index contributed by atoms with van der Waals surface area (Å²) in [6, 6.07) is 4.09. The Bertz CT molecular complexity index is 565. The number of nitrogens with zero attached hydrogens (tertiary/aromatic N) is 2. The van der Waals surface area contributed by atoms with Crippen molar-refractivity contribution in [1.29, 1.82) is 0 Å². The molecule has 0 radical (unpaired) electrons. The molecular formula is C11H12ClFN4. The number of aromatic nitrogens is 2. The van der Waals surface area contributed by atoms with E-state index in [1.54, 1.807) is 18.7 Å². The Morgan fingerprint density at radius 1 is 1.47 bits per heavy atom. The van der Waals surface area contributed by atoms with E-state index in [-0.39, 0.29) is 5.82 Å². The maximum Gasteiger partial charge on any atom is 0.152 e. The van der Waals surface area contributed by atoms with Crippen LogP contribution >= 0.6 is 11.6 Å². The molecule has 1 aromatic carbocycles. The van der Waals surface area contributed by atoms with Gasteiger partial charge in [0.1, 0.15) is 5.82 Å². The summed E-state index contributed by atoms with van der Waals surface area (Å²) in [6.07, 6.45) is 0. The van der Waals surface area contributed by atoms with Gasteiger partial charge in [0.05, 0.1) is 22.1 Å². The van der Waals surface area contributed by atoms with E-state index < -0.39 is 0 Å². The number of rotatable bonds is 2. The smallest absolute Gasteiger partial charge is 0.152 e. The third kappa shape index (κ3) is 2.19. The second-order valence-corrected chi connectivity index (χ2v) is 4.13. The highest BCUT2D eigenvalue weighted by Crippen LogP contribution is 2.29. The number of nitrogen functional groups attached to an aromatic ring is 1. The van der Waals surface area contributed by atoms with Gasteiger partial charge in [0.15, 0.2) is 5.82 Å². The van der Waals surface area contributed by atoms with E-state index in [9.17, 15) is 4.39 Å². The van der Waals surface area contributed by atoms with Crippen molar-refractivity contribution in [1.82, 2.24) is 9.78 Å². The molecule has 1 aromatic heterocycles. The maximum atomic E-state index is 13.1. The lowest BCUT2D eigenvalue weighted by molar-refractivity contribution is 0.628. The van der Waals surface area contributed by atoms with Crippen LogP contribution in [0.2, 0.25) is 5.02 Å². The molecule has 0 aliphatic carbocycles. The minimum absolute atomic E-state index is 0.366. The highest BCUT2D eigenvalue weighted by molar-refractivity contribution is 6.33. The van der Waals surface area contributed by atoms with E-state index in [0.717, 1.165) is 0 Å². The predicted molar refractivity (Wildman–Crippen MR) is 67.1 cm³/mol. The number of aryl methyl sites for hydroxylation is 2. The Morgan fingerprint density at radius 3 is 2.76 bits per heavy atom. The van der Waals surface area contributed by atoms with Gasteiger partial charge >= 0.3 is 0 Å². The topological polar surface area (TPSA) is 55.9 Å². The zero-order valence-electron chi connectivity index (χ0n) is 9.46. The molecule has 0 aliphatic heterocycles. The molecule has 6 heteroatoms. The summed E-state index contributed by atoms with van der Waals surface area (Å²) in [7, 11) is 1.75. The predicted octanol–water partition coefficient (Wildman–Crippen LogP) is 2.85. The van der Waals surface area contributed by atoms with Crippen molar-refractivity contribution in [2.24, 2.45) is 7.05 Å². The van der Waals surface area contributed by atoms with Gasteiger partial charge in [0, 0.05) is 7.05 Å². The summed E-state index contributed by atoms with van der Waals surface area (Å²) in [6.45, 7) is 1.80. The first-order chi connectivity index (χ1) is 7.99. The second kappa shape index (κ2) is 4.25. The Kier molecular flexibility index (Phi) is 2.93. The average Bonchev–Trinajstić information content (AvgIpc) is 2.50. The molecular weight excluding hydrogens is 243 g/mol. The van der Waals surface area contributed by atoms with Crippen molar-refractivity contribution in [2.45, 2.75) is 6.92 Å². The van der Waals surface area contributed by atoms with E-state index >= 15 is 0 Å². The fourth-order valence-corrected chi connectivity index (χ4v) is 1.71. The van der Waals surface area contributed by atoms with Crippen LogP contribution in [0.15, 0.2) is 18.2 Å². The van der Waals surface area contributed by atoms with Crippen LogP contribution in [0.25, 0.3) is 0 Å². The molecule has 3 N–H and O–H groups in total. The van der Waals surface area contributed by atoms with Crippen LogP contribution in [0, 0.1) is 12.7 Å². The van der Waals surface area contributed by atoms with Gasteiger partial charge in [-0.2, -0.15) is 5.10 Å². The number of hydrogen-bond acceptors (Lipinski definition) is 3. The quantitative estimate of drug-likeness (QED) is 0.866. The molecule has 4 nitrogen and oxygen atoms in total. The molecule has 0 atom stereocenters. The number of halogens is 2. The molecule has 0 bridgehead atoms. The summed E-state index contributed by atoms with van der Waals surface area (Å²) in [5.74, 6) is 0.226. The van der Waals surface area contributed by atoms with Gasteiger partial charge in [-0.25, -0.2) is 4.39 Å². The van der Waals surface area contributed by atoms with Gasteiger partial charge in [-0.1, -0.05) is 11.6 Å². The van der Waals surface area contributed by atoms with Crippen LogP contribution in [-0.2, 0) is 7.05 Å². The first kappa shape index (κ1) is 11.7. The molecule has 2 rings (SSSR count). The van der Waals surface area contributed by atoms with Gasteiger partial charge in [-0.3, -0.25) is 4.68 Å². The molecule has 0 spiro atoms. The monoisotopic (exact) mass is 254 g/mol. The Balaban J connectivity index is 2.41. The molecule has 90 valence electrons. The van der Waals surface area contributed by atoms with Crippen molar-refractivity contribution in [2.75, 3.05) is 11.1 Å². The lowest BCUT2D eigenvalue weighted by atomic mass is 10.3. The highest BCUT2D eigenvalue weighted by Gasteiger charge is 2.11. The lowest BCUT2D eigenvalue weighted by Gasteiger charge is -2.09. The van der Waals surface area contributed by atoms with E-state index in [1.807, 2.05) is 0 Å². The third-order valence-corrected chi connectivity index (χ3v) is 2.78. The SMILES string of the molecule is Cc1nn(C)c(Nc2cc(F)ccc2Cl)c1N. The van der Waals surface area contributed by atoms with E-state index in [2.05, 4.69) is 10.4 Å². The third-order valence-electron chi connectivity index (χ3n) is 2.45. The Hall–Kier alpha value is -1.75. The standard InChI is InChI=1S/C11H12ClFN4/c1-6-10(14)11(17(2)16-6)15-9-5-7(13)3-4-8(9)12/h3-5,15H,14H2,1-2H3. The molecule has 0 fully saturated rings. The molecule has 17 heavy (non-hydrogen) atoms. The number of benzene rings is 1. The molecule has 0 saturated heterocycles. The van der Waals surface area contributed by atoms with Crippen molar-refractivity contribution in [3.05, 3.63) is 34.7 Å². The maximum absolute atomic E-state index is 13.1. The molecule has 0 amide bonds. The summed E-state index contributed by atoms with van der Waals surface area (Å²) >= 11 is 5.96. The van der Waals surface area contributed by atoms with Gasteiger partial charge in [0.2, 0.25) is 0 Å². The number of hydrogen-bond donors (Lipinski definition) is 2. The highest BCUT2D eigenvalue weighted by atomic mass is 35.5. The van der Waals surface area contributed by atoms with Crippen LogP contribution < -0.4 is 11.1 Å². The van der Waals surface area contributed by atoms with Crippen LogP contribution in [-0.4, -0.2) is 9.78 Å². The zero-order valence-corrected chi connectivity index (χ0v) is 10.2. The van der Waals surface area contributed by atoms with Crippen molar-refractivity contribution in [3.8, 4) is 0 Å². The summed E-state index contributed by atoms with van der Waals surface area (Å²) < 4.78 is 14.7. The van der Waals surface area contributed by atoms with E-state index in [4.69, 9.17) is 17.3 Å². The molecule has 0 unspecified atom stereocenters. The van der Waals surface area contributed by atoms with Crippen LogP contribution in [0.3, 0.4) is 0 Å². The number of anilines is 3. The second-order valence-electron chi connectivity index (χ2n) is 3.72. The minimum atomic E-state index is -0.366. The fraction of sp³-hybridized carbons (Fsp3) is 0.182. The summed E-state index contributed by atoms with van der Waals surface area (Å²) in [5, 5.41) is 7.55. The van der Waals surface area contributed by atoms with Crippen molar-refractivity contribution in [3.63, 3.8) is 0 Å². The first-order valence-corrected chi connectivity index (χ1v) is 5.38. The van der Waals surface area contributed by atoms with Crippen molar-refractivity contribution < 1.29 is 4.39 Å². The number of nitrogens with two attached hydrogens (primary N) is 1. The first-order valence-electron chi connectivity index (χ1n) is 5.00. The van der Waals surface area contributed by atoms with Gasteiger partial charge < -0.3 is 11.1 Å². The van der Waals surface area contributed by atoms with Gasteiger partial charge in [0.25, 0.3) is 0 Å². The Morgan fingerprint density at radius 2 is 2.18 bits per heavy atom. The van der Waals surface area contributed by atoms with Crippen LogP contribution in [0.4, 0.5) is 21.6 Å².